The summed E-state index contributed by atoms with van der Waals surface area (Å²) in [5.41, 5.74) is 2.98. The van der Waals surface area contributed by atoms with Crippen molar-refractivity contribution >= 4 is 11.8 Å². The number of carbonyl (C=O) groups excluding carboxylic acids is 1. The number of hydrogen-bond donors (Lipinski definition) is 1. The molecule has 0 aromatic heterocycles. The topological polar surface area (TPSA) is 54.4 Å². The first-order valence-corrected chi connectivity index (χ1v) is 10.4. The van der Waals surface area contributed by atoms with Crippen LogP contribution in [0.15, 0.2) is 24.3 Å². The van der Waals surface area contributed by atoms with Crippen molar-refractivity contribution in [3.05, 3.63) is 35.4 Å². The van der Waals surface area contributed by atoms with Crippen molar-refractivity contribution in [1.29, 1.82) is 0 Å². The SMILES string of the molecule is CCCCCC(CC(=O)CC1CCC1C1CCc2ccccc21)C(=O)O. The molecule has 0 aliphatic heterocycles. The average molecular weight is 357 g/mol. The van der Waals surface area contributed by atoms with Crippen LogP contribution < -0.4 is 0 Å². The molecule has 0 amide bonds. The molecule has 3 nitrogen and oxygen atoms in total. The van der Waals surface area contributed by atoms with Crippen molar-refractivity contribution in [2.45, 2.75) is 77.0 Å². The van der Waals surface area contributed by atoms with E-state index in [0.29, 0.717) is 30.6 Å². The summed E-state index contributed by atoms with van der Waals surface area (Å²) in [6.45, 7) is 2.11. The third kappa shape index (κ3) is 4.36. The maximum atomic E-state index is 12.5. The molecule has 1 aromatic rings. The van der Waals surface area contributed by atoms with E-state index in [1.165, 1.54) is 24.0 Å². The van der Waals surface area contributed by atoms with Crippen LogP contribution in [0.3, 0.4) is 0 Å². The first kappa shape index (κ1) is 19.1. The van der Waals surface area contributed by atoms with Crippen LogP contribution in [-0.2, 0) is 16.0 Å². The third-order valence-corrected chi connectivity index (χ3v) is 6.64. The first-order valence-electron chi connectivity index (χ1n) is 10.4. The van der Waals surface area contributed by atoms with Gasteiger partial charge in [-0.15, -0.1) is 0 Å². The van der Waals surface area contributed by atoms with E-state index in [4.69, 9.17) is 0 Å². The van der Waals surface area contributed by atoms with Gasteiger partial charge in [0.15, 0.2) is 0 Å². The molecule has 3 heteroatoms. The molecule has 2 aliphatic carbocycles. The van der Waals surface area contributed by atoms with E-state index in [1.54, 1.807) is 0 Å². The second kappa shape index (κ2) is 8.83. The summed E-state index contributed by atoms with van der Waals surface area (Å²) in [4.78, 5) is 24.0. The minimum atomic E-state index is -0.802. The normalized spacial score (nSPS) is 25.3. The Hall–Kier alpha value is -1.64. The molecule has 26 heavy (non-hydrogen) atoms. The number of benzene rings is 1. The van der Waals surface area contributed by atoms with Crippen LogP contribution in [0.25, 0.3) is 0 Å². The molecule has 0 spiro atoms. The van der Waals surface area contributed by atoms with E-state index in [1.807, 2.05) is 0 Å². The van der Waals surface area contributed by atoms with Crippen LogP contribution in [0.4, 0.5) is 0 Å². The Morgan fingerprint density at radius 3 is 2.65 bits per heavy atom. The van der Waals surface area contributed by atoms with Gasteiger partial charge in [0.05, 0.1) is 5.92 Å². The van der Waals surface area contributed by atoms with Crippen LogP contribution in [0, 0.1) is 17.8 Å². The lowest BCUT2D eigenvalue weighted by Crippen LogP contribution is -2.33. The van der Waals surface area contributed by atoms with Gasteiger partial charge in [-0.3, -0.25) is 9.59 Å². The monoisotopic (exact) mass is 356 g/mol. The van der Waals surface area contributed by atoms with Gasteiger partial charge in [-0.2, -0.15) is 0 Å². The highest BCUT2D eigenvalue weighted by atomic mass is 16.4. The number of unbranched alkanes of at least 4 members (excludes halogenated alkanes) is 2. The van der Waals surface area contributed by atoms with E-state index in [2.05, 4.69) is 31.2 Å². The van der Waals surface area contributed by atoms with Crippen molar-refractivity contribution in [2.24, 2.45) is 17.8 Å². The molecule has 4 atom stereocenters. The smallest absolute Gasteiger partial charge is 0.306 e. The summed E-state index contributed by atoms with van der Waals surface area (Å²) < 4.78 is 0. The number of hydrogen-bond acceptors (Lipinski definition) is 2. The van der Waals surface area contributed by atoms with E-state index >= 15 is 0 Å². The molecule has 0 saturated heterocycles. The van der Waals surface area contributed by atoms with E-state index in [0.717, 1.165) is 32.1 Å². The Bertz CT molecular complexity index is 636. The maximum Gasteiger partial charge on any atom is 0.306 e. The Labute approximate surface area is 157 Å². The summed E-state index contributed by atoms with van der Waals surface area (Å²) in [5, 5.41) is 9.41. The van der Waals surface area contributed by atoms with Gasteiger partial charge in [-0.05, 0) is 61.0 Å². The number of Topliss-reactive ketones (excluding diaryl/α,β-unsaturated/α-hetero) is 1. The molecule has 1 aromatic carbocycles. The van der Waals surface area contributed by atoms with Crippen LogP contribution in [0.5, 0.6) is 0 Å². The quantitative estimate of drug-likeness (QED) is 0.573. The molecule has 0 radical (unpaired) electrons. The molecule has 0 bridgehead atoms. The molecule has 1 saturated carbocycles. The largest absolute Gasteiger partial charge is 0.481 e. The number of carboxylic acids is 1. The minimum absolute atomic E-state index is 0.162. The van der Waals surface area contributed by atoms with Crippen molar-refractivity contribution in [2.75, 3.05) is 0 Å². The second-order valence-electron chi connectivity index (χ2n) is 8.32. The zero-order valence-corrected chi connectivity index (χ0v) is 16.0. The fourth-order valence-electron chi connectivity index (χ4n) is 5.02. The Morgan fingerprint density at radius 2 is 1.96 bits per heavy atom. The number of aryl methyl sites for hydroxylation is 1. The van der Waals surface area contributed by atoms with Gasteiger partial charge >= 0.3 is 5.97 Å². The van der Waals surface area contributed by atoms with E-state index in [-0.39, 0.29) is 12.2 Å². The van der Waals surface area contributed by atoms with Gasteiger partial charge in [0.1, 0.15) is 5.78 Å². The predicted octanol–water partition coefficient (Wildman–Crippen LogP) is 5.37. The summed E-state index contributed by atoms with van der Waals surface area (Å²) in [5.74, 6) is 0.561. The van der Waals surface area contributed by atoms with E-state index < -0.39 is 11.9 Å². The lowest BCUT2D eigenvalue weighted by Gasteiger charge is -2.41. The zero-order chi connectivity index (χ0) is 18.5. The van der Waals surface area contributed by atoms with Crippen LogP contribution >= 0.6 is 0 Å². The predicted molar refractivity (Wildman–Crippen MR) is 103 cm³/mol. The van der Waals surface area contributed by atoms with Gasteiger partial charge in [0.2, 0.25) is 0 Å². The number of carbonyl (C=O) groups is 2. The first-order chi connectivity index (χ1) is 12.6. The highest BCUT2D eigenvalue weighted by molar-refractivity contribution is 5.84. The Morgan fingerprint density at radius 1 is 1.15 bits per heavy atom. The molecule has 1 fully saturated rings. The Balaban J connectivity index is 1.52. The molecular formula is C23H32O3. The molecule has 142 valence electrons. The van der Waals surface area contributed by atoms with Crippen LogP contribution in [0.1, 0.15) is 81.8 Å². The summed E-state index contributed by atoms with van der Waals surface area (Å²) in [6, 6.07) is 8.75. The number of aliphatic carboxylic acids is 1. The van der Waals surface area contributed by atoms with Crippen molar-refractivity contribution < 1.29 is 14.7 Å². The standard InChI is InChI=1S/C23H32O3/c1-2-3-4-8-18(23(25)26)15-19(24)14-17-11-12-21(17)22-13-10-16-7-5-6-9-20(16)22/h5-7,9,17-18,21-22H,2-4,8,10-15H2,1H3,(H,25,26). The summed E-state index contributed by atoms with van der Waals surface area (Å²) in [6.07, 6.45) is 9.20. The molecule has 3 rings (SSSR count). The highest BCUT2D eigenvalue weighted by Crippen LogP contribution is 2.51. The average Bonchev–Trinajstić information content (AvgIpc) is 3.02. The lowest BCUT2D eigenvalue weighted by atomic mass is 9.63. The Kier molecular flexibility index (Phi) is 6.50. The number of carboxylic acid groups (broad SMARTS) is 1. The molecule has 1 N–H and O–H groups in total. The summed E-state index contributed by atoms with van der Waals surface area (Å²) in [7, 11) is 0. The highest BCUT2D eigenvalue weighted by Gasteiger charge is 2.41. The lowest BCUT2D eigenvalue weighted by molar-refractivity contribution is -0.144. The number of fused-ring (bicyclic) bond motifs is 1. The summed E-state index contributed by atoms with van der Waals surface area (Å²) >= 11 is 0. The molecule has 0 heterocycles. The van der Waals surface area contributed by atoms with Gasteiger partial charge < -0.3 is 5.11 Å². The molecule has 4 unspecified atom stereocenters. The number of rotatable bonds is 10. The number of ketones is 1. The minimum Gasteiger partial charge on any atom is -0.481 e. The fraction of sp³-hybridized carbons (Fsp3) is 0.652. The van der Waals surface area contributed by atoms with Crippen molar-refractivity contribution in [3.8, 4) is 0 Å². The van der Waals surface area contributed by atoms with Gasteiger partial charge in [0, 0.05) is 12.8 Å². The molecule has 2 aliphatic rings. The maximum absolute atomic E-state index is 12.5. The van der Waals surface area contributed by atoms with Crippen molar-refractivity contribution in [3.63, 3.8) is 0 Å². The second-order valence-corrected chi connectivity index (χ2v) is 8.32. The zero-order valence-electron chi connectivity index (χ0n) is 16.0. The fourth-order valence-corrected chi connectivity index (χ4v) is 5.02. The van der Waals surface area contributed by atoms with Gasteiger partial charge in [-0.1, -0.05) is 50.5 Å². The van der Waals surface area contributed by atoms with Crippen molar-refractivity contribution in [1.82, 2.24) is 0 Å². The van der Waals surface area contributed by atoms with Crippen LogP contribution in [-0.4, -0.2) is 16.9 Å². The van der Waals surface area contributed by atoms with Gasteiger partial charge in [0.25, 0.3) is 0 Å². The van der Waals surface area contributed by atoms with Gasteiger partial charge in [-0.25, -0.2) is 0 Å². The third-order valence-electron chi connectivity index (χ3n) is 6.64. The van der Waals surface area contributed by atoms with E-state index in [9.17, 15) is 14.7 Å². The molecular weight excluding hydrogens is 324 g/mol. The van der Waals surface area contributed by atoms with Crippen LogP contribution in [0.2, 0.25) is 0 Å².